The lowest BCUT2D eigenvalue weighted by atomic mass is 10.2. The van der Waals surface area contributed by atoms with Gasteiger partial charge in [0.05, 0.1) is 22.6 Å². The van der Waals surface area contributed by atoms with E-state index >= 15 is 0 Å². The molecule has 86 heavy (non-hydrogen) atoms. The van der Waals surface area contributed by atoms with Crippen molar-refractivity contribution in [3.63, 3.8) is 0 Å². The Kier molecular flexibility index (Phi) is 51.5. The molecule has 508 valence electrons. The van der Waals surface area contributed by atoms with Crippen molar-refractivity contribution < 1.29 is 125 Å². The summed E-state index contributed by atoms with van der Waals surface area (Å²) in [6.45, 7) is 47.2. The van der Waals surface area contributed by atoms with Crippen molar-refractivity contribution in [3.8, 4) is 6.07 Å². The summed E-state index contributed by atoms with van der Waals surface area (Å²) in [5.74, 6) is -7.39. The minimum atomic E-state index is -1.28. The quantitative estimate of drug-likeness (QED) is 0.0615. The van der Waals surface area contributed by atoms with Crippen LogP contribution >= 0.6 is 23.2 Å². The number of rotatable bonds is 17. The first-order chi connectivity index (χ1) is 37.7. The Morgan fingerprint density at radius 3 is 0.628 bits per heavy atom. The molecule has 0 unspecified atom stereocenters. The molecule has 0 saturated carbocycles. The van der Waals surface area contributed by atoms with Crippen LogP contribution in [0.3, 0.4) is 0 Å². The van der Waals surface area contributed by atoms with Crippen LogP contribution in [0.25, 0.3) is 0 Å². The third-order valence-corrected chi connectivity index (χ3v) is 7.52. The van der Waals surface area contributed by atoms with Crippen LogP contribution in [-0.4, -0.2) is 180 Å². The average Bonchev–Trinajstić information content (AvgIpc) is 3.26. The zero-order chi connectivity index (χ0) is 69.7. The molecule has 0 aromatic carbocycles. The van der Waals surface area contributed by atoms with E-state index in [1.807, 2.05) is 41.5 Å². The summed E-state index contributed by atoms with van der Waals surface area (Å²) in [5, 5.41) is 42.1. The highest BCUT2D eigenvalue weighted by molar-refractivity contribution is 6.40. The molecule has 0 fully saturated rings. The lowest BCUT2D eigenvalue weighted by Gasteiger charge is -2.26. The molecular weight excluding hydrogens is 1190 g/mol. The van der Waals surface area contributed by atoms with Crippen LogP contribution in [0, 0.1) is 11.3 Å². The fourth-order valence-electron chi connectivity index (χ4n) is 4.30. The van der Waals surface area contributed by atoms with Crippen LogP contribution in [-0.2, 0) is 100 Å². The molecule has 29 heteroatoms. The number of esters is 9. The van der Waals surface area contributed by atoms with E-state index in [-0.39, 0.29) is 10.0 Å². The summed E-state index contributed by atoms with van der Waals surface area (Å²) in [7, 11) is 0. The molecule has 0 saturated heterocycles. The topological polar surface area (TPSA) is 377 Å². The summed E-state index contributed by atoms with van der Waals surface area (Å²) >= 11 is 9.53. The lowest BCUT2D eigenvalue weighted by molar-refractivity contribution is -0.183. The highest BCUT2D eigenvalue weighted by Gasteiger charge is 2.32. The minimum Gasteiger partial charge on any atom is -0.479 e. The number of carbonyl (C=O) groups is 10. The molecular formula is C57H104Cl2FNO25. The van der Waals surface area contributed by atoms with Gasteiger partial charge in [-0.05, 0) is 194 Å². The van der Waals surface area contributed by atoms with E-state index in [1.54, 1.807) is 103 Å². The van der Waals surface area contributed by atoms with Crippen molar-refractivity contribution in [1.82, 2.24) is 0 Å². The van der Waals surface area contributed by atoms with Crippen LogP contribution in [0.15, 0.2) is 0 Å². The average molecular weight is 1290 g/mol. The molecule has 0 aliphatic heterocycles. The Balaban J connectivity index is -0.000000145. The Hall–Kier alpha value is -5.50. The van der Waals surface area contributed by atoms with Crippen LogP contribution in [0.5, 0.6) is 0 Å². The third kappa shape index (κ3) is 66.0. The van der Waals surface area contributed by atoms with Crippen molar-refractivity contribution in [2.75, 3.05) is 5.34 Å². The summed E-state index contributed by atoms with van der Waals surface area (Å²) in [6.07, 6.45) is -10.3. The summed E-state index contributed by atoms with van der Waals surface area (Å²) in [6, 6.07) is 1.75. The van der Waals surface area contributed by atoms with Crippen molar-refractivity contribution in [3.05, 3.63) is 0 Å². The number of aliphatic carboxylic acids is 1. The van der Waals surface area contributed by atoms with Gasteiger partial charge in [-0.2, -0.15) is 5.26 Å². The third-order valence-electron chi connectivity index (χ3n) is 7.52. The smallest absolute Gasteiger partial charge is 0.347 e. The number of alkyl halides is 2. The predicted molar refractivity (Wildman–Crippen MR) is 315 cm³/mol. The van der Waals surface area contributed by atoms with E-state index < -0.39 is 154 Å². The fraction of sp³-hybridized carbons (Fsp3) is 0.807. The molecule has 10 atom stereocenters. The number of carbonyl (C=O) groups excluding carboxylic acids is 9. The number of nitriles is 1. The second-order valence-corrected chi connectivity index (χ2v) is 24.8. The van der Waals surface area contributed by atoms with Crippen LogP contribution in [0.1, 0.15) is 201 Å². The SMILES string of the molecule is CC#N.C[C@H](O)C(=O)O[C@@H](C)C(=O)O.C[C@H](O)C(=O)O[C@@H](C)C(=O)OC(C)(C)C.C[C@H](O)C(=O)O[C@@H](C)C(=O)OC(C)(C)C.C[C@H](OC(=O)[C@H](C)OC(C)(C)C)C(=O)OC(C)(C)C.C[C@H](OC(=O)[C@H](C)OC(C)(C)C)C(=O)OC(C)(C)C.ClCCl.F. The molecule has 0 aliphatic carbocycles. The van der Waals surface area contributed by atoms with Gasteiger partial charge in [0.15, 0.2) is 42.7 Å². The number of ether oxygens (including phenoxy) is 11. The first-order valence-corrected chi connectivity index (χ1v) is 27.7. The van der Waals surface area contributed by atoms with Gasteiger partial charge in [-0.25, -0.2) is 47.9 Å². The minimum absolute atomic E-state index is 0. The van der Waals surface area contributed by atoms with E-state index in [4.69, 9.17) is 86.8 Å². The number of aliphatic hydroxyl groups is 3. The van der Waals surface area contributed by atoms with Crippen LogP contribution < -0.4 is 0 Å². The second kappa shape index (κ2) is 45.7. The van der Waals surface area contributed by atoms with Crippen LogP contribution in [0.4, 0.5) is 4.70 Å². The van der Waals surface area contributed by atoms with Gasteiger partial charge in [-0.3, -0.25) is 4.70 Å². The molecule has 0 rings (SSSR count). The van der Waals surface area contributed by atoms with Gasteiger partial charge in [-0.1, -0.05) is 0 Å². The van der Waals surface area contributed by atoms with Gasteiger partial charge in [0, 0.05) is 6.92 Å². The molecule has 0 radical (unpaired) electrons. The Morgan fingerprint density at radius 1 is 0.349 bits per heavy atom. The molecule has 0 aromatic rings. The zero-order valence-corrected chi connectivity index (χ0v) is 57.5. The van der Waals surface area contributed by atoms with Crippen molar-refractivity contribution in [2.45, 2.75) is 295 Å². The monoisotopic (exact) mass is 1290 g/mol. The highest BCUT2D eigenvalue weighted by atomic mass is 35.5. The van der Waals surface area contributed by atoms with Crippen LogP contribution in [0.2, 0.25) is 0 Å². The van der Waals surface area contributed by atoms with Crippen molar-refractivity contribution in [1.29, 1.82) is 5.26 Å². The molecule has 0 aliphatic rings. The second-order valence-electron chi connectivity index (χ2n) is 24.0. The number of carboxylic acids is 1. The van der Waals surface area contributed by atoms with Gasteiger partial charge in [-0.15, -0.1) is 23.2 Å². The Labute approximate surface area is 518 Å². The molecule has 0 spiro atoms. The maximum atomic E-state index is 11.7. The number of hydrogen-bond donors (Lipinski definition) is 4. The van der Waals surface area contributed by atoms with Gasteiger partial charge >= 0.3 is 59.7 Å². The molecule has 4 N–H and O–H groups in total. The molecule has 0 aromatic heterocycles. The first-order valence-electron chi connectivity index (χ1n) is 26.7. The van der Waals surface area contributed by atoms with E-state index in [0.29, 0.717) is 0 Å². The molecule has 26 nitrogen and oxygen atoms in total. The maximum Gasteiger partial charge on any atom is 0.347 e. The van der Waals surface area contributed by atoms with Gasteiger partial charge in [0.2, 0.25) is 0 Å². The summed E-state index contributed by atoms with van der Waals surface area (Å²) in [4.78, 5) is 112. The summed E-state index contributed by atoms with van der Waals surface area (Å²) in [5.41, 5.74) is -3.36. The zero-order valence-electron chi connectivity index (χ0n) is 56.0. The van der Waals surface area contributed by atoms with E-state index in [9.17, 15) is 47.9 Å². The van der Waals surface area contributed by atoms with Gasteiger partial charge < -0.3 is 72.5 Å². The summed E-state index contributed by atoms with van der Waals surface area (Å²) < 4.78 is 54.8. The first kappa shape index (κ1) is 96.8. The predicted octanol–water partition coefficient (Wildman–Crippen LogP) is 7.70. The van der Waals surface area contributed by atoms with E-state index in [2.05, 4.69) is 14.2 Å². The molecule has 0 heterocycles. The number of hydrogen-bond acceptors (Lipinski definition) is 25. The molecule has 0 bridgehead atoms. The maximum absolute atomic E-state index is 11.7. The fourth-order valence-corrected chi connectivity index (χ4v) is 4.30. The highest BCUT2D eigenvalue weighted by Crippen LogP contribution is 2.17. The number of halogens is 3. The largest absolute Gasteiger partial charge is 0.479 e. The lowest BCUT2D eigenvalue weighted by Crippen LogP contribution is -2.37. The number of aliphatic hydroxyl groups excluding tert-OH is 3. The molecule has 0 amide bonds. The van der Waals surface area contributed by atoms with E-state index in [0.717, 1.165) is 0 Å². The van der Waals surface area contributed by atoms with Crippen molar-refractivity contribution >= 4 is 82.9 Å². The normalized spacial score (nSPS) is 14.5. The van der Waals surface area contributed by atoms with Crippen molar-refractivity contribution in [2.24, 2.45) is 0 Å². The van der Waals surface area contributed by atoms with Gasteiger partial charge in [0.1, 0.15) is 40.7 Å². The van der Waals surface area contributed by atoms with Gasteiger partial charge in [0.25, 0.3) is 0 Å². The number of nitrogens with zero attached hydrogens (tertiary/aromatic N) is 1. The number of carboxylic acid groups (broad SMARTS) is 1. The van der Waals surface area contributed by atoms with E-state index in [1.165, 1.54) is 62.3 Å². The standard InChI is InChI=1S/2C14H26O5.2C10H18O5.C6H10O5.C2H3N.CH2Cl2.FH/c2*1-9(12(16)19-14(6,7)8)17-11(15)10(2)18-13(3,4)5;2*1-6(11)8(12)14-7(2)9(13)15-10(3,4)5;1-3(7)6(10)11-4(2)5(8)9;1-2-3;2-1-3;/h2*9-10H,1-8H3;2*6-7,11H,1-5H3;3-4,7H,1-2H3,(H,8,9);1H3;1H2;1H/t2*9-,10-;2*6-,7-;3-,4-;;;/m00000.../s1. The Bertz CT molecular complexity index is 1940. The Morgan fingerprint density at radius 2 is 0.500 bits per heavy atom.